The van der Waals surface area contributed by atoms with Crippen molar-refractivity contribution in [3.63, 3.8) is 0 Å². The number of fused-ring (bicyclic) bond motifs is 1. The summed E-state index contributed by atoms with van der Waals surface area (Å²) in [6.07, 6.45) is 0.693. The van der Waals surface area contributed by atoms with Crippen LogP contribution in [0.25, 0.3) is 11.0 Å². The smallest absolute Gasteiger partial charge is 0.266 e. The third-order valence-electron chi connectivity index (χ3n) is 4.09. The lowest BCUT2D eigenvalue weighted by atomic mass is 10.0. The van der Waals surface area contributed by atoms with Crippen molar-refractivity contribution in [2.24, 2.45) is 0 Å². The Morgan fingerprint density at radius 1 is 1.08 bits per heavy atom. The van der Waals surface area contributed by atoms with E-state index < -0.39 is 10.0 Å². The number of hydrogen-bond donors (Lipinski definition) is 0. The molecule has 1 heterocycles. The van der Waals surface area contributed by atoms with Crippen LogP contribution >= 0.6 is 0 Å². The summed E-state index contributed by atoms with van der Waals surface area (Å²) >= 11 is 0. The zero-order valence-corrected chi connectivity index (χ0v) is 15.3. The maximum atomic E-state index is 13.3. The lowest BCUT2D eigenvalue weighted by Gasteiger charge is -2.24. The fourth-order valence-electron chi connectivity index (χ4n) is 2.72. The van der Waals surface area contributed by atoms with Gasteiger partial charge in [-0.05, 0) is 52.5 Å². The average Bonchev–Trinajstić information content (AvgIpc) is 3.08. The van der Waals surface area contributed by atoms with Crippen LogP contribution in [0.2, 0.25) is 0 Å². The van der Waals surface area contributed by atoms with Crippen LogP contribution in [0.5, 0.6) is 0 Å². The molecule has 0 aliphatic heterocycles. The highest BCUT2D eigenvalue weighted by molar-refractivity contribution is 7.93. The molecular weight excluding hydrogens is 338 g/mol. The van der Waals surface area contributed by atoms with E-state index in [1.54, 1.807) is 12.1 Å². The Morgan fingerprint density at radius 2 is 1.80 bits per heavy atom. The minimum absolute atomic E-state index is 0.104. The molecule has 0 aliphatic carbocycles. The van der Waals surface area contributed by atoms with E-state index in [1.807, 2.05) is 31.2 Å². The van der Waals surface area contributed by atoms with Crippen LogP contribution in [-0.4, -0.2) is 25.3 Å². The molecule has 25 heavy (non-hydrogen) atoms. The number of anilines is 1. The van der Waals surface area contributed by atoms with E-state index in [-0.39, 0.29) is 10.4 Å². The molecule has 3 rings (SSSR count). The van der Waals surface area contributed by atoms with Crippen molar-refractivity contribution < 1.29 is 13.0 Å². The molecule has 0 amide bonds. The van der Waals surface area contributed by atoms with Crippen LogP contribution < -0.4 is 4.31 Å². The molecule has 0 saturated carbocycles. The molecule has 0 N–H and O–H groups in total. The van der Waals surface area contributed by atoms with Crippen molar-refractivity contribution in [3.05, 3.63) is 48.0 Å². The van der Waals surface area contributed by atoms with Gasteiger partial charge in [0, 0.05) is 6.54 Å². The molecule has 0 bridgehead atoms. The van der Waals surface area contributed by atoms with Crippen molar-refractivity contribution in [3.8, 4) is 0 Å². The summed E-state index contributed by atoms with van der Waals surface area (Å²) in [5.74, 6) is 0.389. The minimum atomic E-state index is -3.78. The summed E-state index contributed by atoms with van der Waals surface area (Å²) < 4.78 is 32.7. The number of aromatic nitrogens is 2. The van der Waals surface area contributed by atoms with E-state index >= 15 is 0 Å². The molecule has 7 heteroatoms. The summed E-state index contributed by atoms with van der Waals surface area (Å²) in [4.78, 5) is 0.104. The van der Waals surface area contributed by atoms with Gasteiger partial charge in [-0.15, -0.1) is 0 Å². The van der Waals surface area contributed by atoms with Gasteiger partial charge in [0.2, 0.25) is 0 Å². The molecule has 0 fully saturated rings. The quantitative estimate of drug-likeness (QED) is 0.666. The number of hydrogen-bond acceptors (Lipinski definition) is 5. The molecule has 0 saturated heterocycles. The molecule has 0 unspecified atom stereocenters. The molecule has 1 aromatic heterocycles. The standard InChI is InChI=1S/C18H21N3O3S/c1-4-12-21(15-10-8-14(9-11-15)13(2)3)25(22,23)17-7-5-6-16-18(17)20-24-19-16/h5-11,13H,4,12H2,1-3H3. The van der Waals surface area contributed by atoms with Crippen molar-refractivity contribution in [1.29, 1.82) is 0 Å². The lowest BCUT2D eigenvalue weighted by Crippen LogP contribution is -2.32. The van der Waals surface area contributed by atoms with Crippen LogP contribution in [-0.2, 0) is 10.0 Å². The second-order valence-electron chi connectivity index (χ2n) is 6.21. The number of sulfonamides is 1. The van der Waals surface area contributed by atoms with Gasteiger partial charge in [0.1, 0.15) is 10.4 Å². The van der Waals surface area contributed by atoms with Gasteiger partial charge in [0.15, 0.2) is 5.52 Å². The van der Waals surface area contributed by atoms with Gasteiger partial charge in [-0.3, -0.25) is 4.31 Å². The molecular formula is C18H21N3O3S. The van der Waals surface area contributed by atoms with E-state index in [1.165, 1.54) is 15.9 Å². The van der Waals surface area contributed by atoms with Crippen molar-refractivity contribution in [1.82, 2.24) is 10.3 Å². The van der Waals surface area contributed by atoms with Gasteiger partial charge in [-0.1, -0.05) is 39.0 Å². The van der Waals surface area contributed by atoms with E-state index in [9.17, 15) is 8.42 Å². The molecule has 2 aromatic carbocycles. The Kier molecular flexibility index (Phi) is 4.76. The van der Waals surface area contributed by atoms with Gasteiger partial charge in [0.25, 0.3) is 10.0 Å². The predicted molar refractivity (Wildman–Crippen MR) is 97.2 cm³/mol. The first-order valence-electron chi connectivity index (χ1n) is 8.29. The third-order valence-corrected chi connectivity index (χ3v) is 5.95. The predicted octanol–water partition coefficient (Wildman–Crippen LogP) is 3.95. The molecule has 0 spiro atoms. The van der Waals surface area contributed by atoms with Crippen LogP contribution in [0.1, 0.15) is 38.7 Å². The monoisotopic (exact) mass is 359 g/mol. The normalized spacial score (nSPS) is 12.0. The fraction of sp³-hybridized carbons (Fsp3) is 0.333. The van der Waals surface area contributed by atoms with Gasteiger partial charge in [-0.2, -0.15) is 0 Å². The van der Waals surface area contributed by atoms with Gasteiger partial charge < -0.3 is 0 Å². The Labute approximate surface area is 147 Å². The van der Waals surface area contributed by atoms with E-state index in [0.29, 0.717) is 30.1 Å². The van der Waals surface area contributed by atoms with Gasteiger partial charge >= 0.3 is 0 Å². The van der Waals surface area contributed by atoms with Crippen LogP contribution in [0.4, 0.5) is 5.69 Å². The topological polar surface area (TPSA) is 76.3 Å². The molecule has 6 nitrogen and oxygen atoms in total. The minimum Gasteiger partial charge on any atom is -0.266 e. The molecule has 132 valence electrons. The first kappa shape index (κ1) is 17.4. The third kappa shape index (κ3) is 3.24. The largest absolute Gasteiger partial charge is 0.266 e. The van der Waals surface area contributed by atoms with E-state index in [4.69, 9.17) is 4.63 Å². The lowest BCUT2D eigenvalue weighted by molar-refractivity contribution is 0.315. The first-order chi connectivity index (χ1) is 11.9. The highest BCUT2D eigenvalue weighted by atomic mass is 32.2. The average molecular weight is 359 g/mol. The Morgan fingerprint density at radius 3 is 2.44 bits per heavy atom. The summed E-state index contributed by atoms with van der Waals surface area (Å²) in [5, 5.41) is 7.50. The van der Waals surface area contributed by atoms with Crippen LogP contribution in [0, 0.1) is 0 Å². The fourth-order valence-corrected chi connectivity index (χ4v) is 4.42. The summed E-state index contributed by atoms with van der Waals surface area (Å²) in [6, 6.07) is 12.5. The number of rotatable bonds is 6. The van der Waals surface area contributed by atoms with Gasteiger partial charge in [-0.25, -0.2) is 13.0 Å². The van der Waals surface area contributed by atoms with Crippen molar-refractivity contribution in [2.75, 3.05) is 10.8 Å². The summed E-state index contributed by atoms with van der Waals surface area (Å²) in [6.45, 7) is 6.54. The van der Waals surface area contributed by atoms with Gasteiger partial charge in [0.05, 0.1) is 5.69 Å². The highest BCUT2D eigenvalue weighted by Gasteiger charge is 2.28. The van der Waals surface area contributed by atoms with E-state index in [0.717, 1.165) is 0 Å². The van der Waals surface area contributed by atoms with Crippen molar-refractivity contribution in [2.45, 2.75) is 38.0 Å². The summed E-state index contributed by atoms with van der Waals surface area (Å²) in [7, 11) is -3.78. The molecule has 0 aliphatic rings. The Hall–Kier alpha value is -2.41. The SMILES string of the molecule is CCCN(c1ccc(C(C)C)cc1)S(=O)(=O)c1cccc2nonc12. The maximum absolute atomic E-state index is 13.3. The first-order valence-corrected chi connectivity index (χ1v) is 9.73. The Balaban J connectivity index is 2.09. The zero-order valence-electron chi connectivity index (χ0n) is 14.5. The van der Waals surface area contributed by atoms with Crippen molar-refractivity contribution >= 4 is 26.7 Å². The second-order valence-corrected chi connectivity index (χ2v) is 8.04. The molecule has 3 aromatic rings. The van der Waals surface area contributed by atoms with Crippen LogP contribution in [0.3, 0.4) is 0 Å². The molecule has 0 atom stereocenters. The number of nitrogens with zero attached hydrogens (tertiary/aromatic N) is 3. The van der Waals surface area contributed by atoms with E-state index in [2.05, 4.69) is 24.2 Å². The zero-order chi connectivity index (χ0) is 18.0. The Bertz CT molecular complexity index is 963. The maximum Gasteiger partial charge on any atom is 0.266 e. The molecule has 0 radical (unpaired) electrons. The highest BCUT2D eigenvalue weighted by Crippen LogP contribution is 2.29. The second kappa shape index (κ2) is 6.84. The van der Waals surface area contributed by atoms with Crippen LogP contribution in [0.15, 0.2) is 52.0 Å². The number of benzene rings is 2. The summed E-state index contributed by atoms with van der Waals surface area (Å²) in [5.41, 5.74) is 2.48.